The summed E-state index contributed by atoms with van der Waals surface area (Å²) in [5.41, 5.74) is 13.7. The number of hydrogen-bond donors (Lipinski definition) is 3. The lowest BCUT2D eigenvalue weighted by Gasteiger charge is -2.15. The van der Waals surface area contributed by atoms with Gasteiger partial charge in [0, 0.05) is 11.3 Å². The summed E-state index contributed by atoms with van der Waals surface area (Å²) in [5.74, 6) is -0.312. The highest BCUT2D eigenvalue weighted by Crippen LogP contribution is 2.33. The van der Waals surface area contributed by atoms with E-state index in [9.17, 15) is 9.59 Å². The van der Waals surface area contributed by atoms with E-state index in [2.05, 4.69) is 10.3 Å². The molecule has 3 aromatic carbocycles. The third-order valence-corrected chi connectivity index (χ3v) is 4.45. The van der Waals surface area contributed by atoms with Crippen LogP contribution in [-0.4, -0.2) is 31.9 Å². The molecule has 3 rings (SSSR count). The van der Waals surface area contributed by atoms with E-state index >= 15 is 0 Å². The van der Waals surface area contributed by atoms with Crippen LogP contribution in [0.1, 0.15) is 26.3 Å². The maximum Gasteiger partial charge on any atom is 0.255 e. The molecule has 0 saturated carbocycles. The molecule has 3 aromatic rings. The Morgan fingerprint density at radius 3 is 2.29 bits per heavy atom. The second kappa shape index (κ2) is 9.45. The molecule has 0 heterocycles. The molecule has 0 aliphatic rings. The van der Waals surface area contributed by atoms with Crippen LogP contribution < -0.4 is 26.3 Å². The van der Waals surface area contributed by atoms with E-state index in [1.807, 2.05) is 6.07 Å². The standard InChI is InChI=1S/C23H22N4O4/c1-30-18-12-11-17(22(25)28)20(31-2)19(18)21(24)26-15-9-6-10-16(13-15)27-23(29)14-7-4-3-5-8-14/h3-13H,1-2H3,(H2,24,26)(H2,25,28)(H,27,29). The Bertz CT molecular complexity index is 1140. The first-order valence-electron chi connectivity index (χ1n) is 9.30. The molecule has 0 bridgehead atoms. The van der Waals surface area contributed by atoms with Crippen LogP contribution in [0, 0.1) is 0 Å². The number of carbonyl (C=O) groups is 2. The maximum absolute atomic E-state index is 12.4. The van der Waals surface area contributed by atoms with Crippen LogP contribution in [0.3, 0.4) is 0 Å². The number of amides is 2. The van der Waals surface area contributed by atoms with Crippen LogP contribution in [0.25, 0.3) is 0 Å². The molecule has 0 radical (unpaired) electrons. The van der Waals surface area contributed by atoms with Gasteiger partial charge in [0.15, 0.2) is 0 Å². The molecule has 158 valence electrons. The number of benzene rings is 3. The topological polar surface area (TPSA) is 129 Å². The Balaban J connectivity index is 1.96. The fraction of sp³-hybridized carbons (Fsp3) is 0.0870. The normalized spacial score (nSPS) is 11.0. The largest absolute Gasteiger partial charge is 0.496 e. The zero-order valence-electron chi connectivity index (χ0n) is 17.1. The van der Waals surface area contributed by atoms with E-state index < -0.39 is 5.91 Å². The van der Waals surface area contributed by atoms with Crippen molar-refractivity contribution in [3.8, 4) is 11.5 Å². The molecule has 31 heavy (non-hydrogen) atoms. The Morgan fingerprint density at radius 1 is 0.903 bits per heavy atom. The SMILES string of the molecule is COc1ccc(C(N)=O)c(OC)c1C(N)=Nc1cccc(NC(=O)c2ccccc2)c1. The van der Waals surface area contributed by atoms with E-state index in [0.717, 1.165) is 0 Å². The van der Waals surface area contributed by atoms with Crippen molar-refractivity contribution in [2.24, 2.45) is 16.5 Å². The monoisotopic (exact) mass is 418 g/mol. The van der Waals surface area contributed by atoms with Crippen molar-refractivity contribution in [3.05, 3.63) is 83.4 Å². The fourth-order valence-corrected chi connectivity index (χ4v) is 3.02. The average Bonchev–Trinajstić information content (AvgIpc) is 2.78. The van der Waals surface area contributed by atoms with Crippen molar-refractivity contribution >= 4 is 29.0 Å². The number of rotatable bonds is 7. The van der Waals surface area contributed by atoms with Gasteiger partial charge in [0.05, 0.1) is 25.5 Å². The predicted octanol–water partition coefficient (Wildman–Crippen LogP) is 3.09. The molecule has 0 aromatic heterocycles. The van der Waals surface area contributed by atoms with Crippen LogP contribution in [-0.2, 0) is 0 Å². The number of anilines is 1. The molecular weight excluding hydrogens is 396 g/mol. The van der Waals surface area contributed by atoms with Crippen LogP contribution in [0.5, 0.6) is 11.5 Å². The second-order valence-electron chi connectivity index (χ2n) is 6.46. The predicted molar refractivity (Wildman–Crippen MR) is 119 cm³/mol. The molecule has 0 spiro atoms. The van der Waals surface area contributed by atoms with Gasteiger partial charge in [-0.1, -0.05) is 24.3 Å². The van der Waals surface area contributed by atoms with Gasteiger partial charge >= 0.3 is 0 Å². The molecule has 8 heteroatoms. The molecule has 0 saturated heterocycles. The summed E-state index contributed by atoms with van der Waals surface area (Å²) in [4.78, 5) is 28.6. The minimum absolute atomic E-state index is 0.0586. The molecule has 8 nitrogen and oxygen atoms in total. The van der Waals surface area contributed by atoms with Crippen molar-refractivity contribution in [3.63, 3.8) is 0 Å². The Morgan fingerprint density at radius 2 is 1.65 bits per heavy atom. The molecule has 0 fully saturated rings. The Hall–Kier alpha value is -4.33. The number of nitrogens with one attached hydrogen (secondary N) is 1. The molecule has 0 aliphatic heterocycles. The first-order chi connectivity index (χ1) is 14.9. The minimum atomic E-state index is -0.667. The summed E-state index contributed by atoms with van der Waals surface area (Å²) in [6.45, 7) is 0. The van der Waals surface area contributed by atoms with E-state index in [0.29, 0.717) is 28.3 Å². The van der Waals surface area contributed by atoms with Crippen LogP contribution >= 0.6 is 0 Å². The molecule has 5 N–H and O–H groups in total. The molecule has 2 amide bonds. The lowest BCUT2D eigenvalue weighted by molar-refractivity contribution is 0.0994. The Kier molecular flexibility index (Phi) is 6.51. The number of nitrogens with zero attached hydrogens (tertiary/aromatic N) is 1. The summed E-state index contributed by atoms with van der Waals surface area (Å²) in [6, 6.07) is 18.8. The first-order valence-corrected chi connectivity index (χ1v) is 9.30. The quantitative estimate of drug-likeness (QED) is 0.401. The number of carbonyl (C=O) groups excluding carboxylic acids is 2. The number of amidine groups is 1. The highest BCUT2D eigenvalue weighted by Gasteiger charge is 2.21. The number of hydrogen-bond acceptors (Lipinski definition) is 5. The van der Waals surface area contributed by atoms with Gasteiger partial charge in [-0.3, -0.25) is 9.59 Å². The van der Waals surface area contributed by atoms with E-state index in [1.165, 1.54) is 20.3 Å². The lowest BCUT2D eigenvalue weighted by Crippen LogP contribution is -2.19. The summed E-state index contributed by atoms with van der Waals surface area (Å²) in [7, 11) is 2.87. The van der Waals surface area contributed by atoms with Crippen molar-refractivity contribution in [2.75, 3.05) is 19.5 Å². The van der Waals surface area contributed by atoms with E-state index in [1.54, 1.807) is 54.6 Å². The smallest absolute Gasteiger partial charge is 0.255 e. The number of aliphatic imine (C=N–C) groups is 1. The van der Waals surface area contributed by atoms with E-state index in [-0.39, 0.29) is 23.1 Å². The van der Waals surface area contributed by atoms with Gasteiger partial charge in [-0.15, -0.1) is 0 Å². The number of primary amides is 1. The second-order valence-corrected chi connectivity index (χ2v) is 6.46. The van der Waals surface area contributed by atoms with Gasteiger partial charge in [0.25, 0.3) is 11.8 Å². The zero-order valence-corrected chi connectivity index (χ0v) is 17.1. The van der Waals surface area contributed by atoms with Crippen LogP contribution in [0.15, 0.2) is 71.7 Å². The third-order valence-electron chi connectivity index (χ3n) is 4.45. The van der Waals surface area contributed by atoms with Gasteiger partial charge in [0.2, 0.25) is 0 Å². The highest BCUT2D eigenvalue weighted by molar-refractivity contribution is 6.08. The number of ether oxygens (including phenoxy) is 2. The van der Waals surface area contributed by atoms with Crippen molar-refractivity contribution in [2.45, 2.75) is 0 Å². The van der Waals surface area contributed by atoms with E-state index in [4.69, 9.17) is 20.9 Å². The third kappa shape index (κ3) is 4.81. The number of nitrogens with two attached hydrogens (primary N) is 2. The average molecular weight is 418 g/mol. The van der Waals surface area contributed by atoms with Gasteiger partial charge in [-0.2, -0.15) is 0 Å². The molecule has 0 aliphatic carbocycles. The van der Waals surface area contributed by atoms with Gasteiger partial charge < -0.3 is 26.3 Å². The first kappa shape index (κ1) is 21.4. The molecule has 0 unspecified atom stereocenters. The summed E-state index contributed by atoms with van der Waals surface area (Å²) >= 11 is 0. The number of methoxy groups -OCH3 is 2. The van der Waals surface area contributed by atoms with Crippen molar-refractivity contribution in [1.29, 1.82) is 0 Å². The van der Waals surface area contributed by atoms with Gasteiger partial charge in [-0.25, -0.2) is 4.99 Å². The maximum atomic E-state index is 12.4. The Labute approximate surface area is 179 Å². The zero-order chi connectivity index (χ0) is 22.4. The van der Waals surface area contributed by atoms with Crippen molar-refractivity contribution in [1.82, 2.24) is 0 Å². The van der Waals surface area contributed by atoms with Gasteiger partial charge in [-0.05, 0) is 42.5 Å². The van der Waals surface area contributed by atoms with Gasteiger partial charge in [0.1, 0.15) is 22.9 Å². The summed E-state index contributed by atoms with van der Waals surface area (Å²) in [6.07, 6.45) is 0. The lowest BCUT2D eigenvalue weighted by atomic mass is 10.1. The minimum Gasteiger partial charge on any atom is -0.496 e. The molecular formula is C23H22N4O4. The summed E-state index contributed by atoms with van der Waals surface area (Å²) < 4.78 is 10.7. The summed E-state index contributed by atoms with van der Waals surface area (Å²) in [5, 5.41) is 2.82. The molecule has 0 atom stereocenters. The fourth-order valence-electron chi connectivity index (χ4n) is 3.02. The van der Waals surface area contributed by atoms with Crippen LogP contribution in [0.4, 0.5) is 11.4 Å². The highest BCUT2D eigenvalue weighted by atomic mass is 16.5. The van der Waals surface area contributed by atoms with Crippen LogP contribution in [0.2, 0.25) is 0 Å². The van der Waals surface area contributed by atoms with Crippen molar-refractivity contribution < 1.29 is 19.1 Å².